The van der Waals surface area contributed by atoms with Gasteiger partial charge in [-0.2, -0.15) is 0 Å². The third kappa shape index (κ3) is 2.72. The van der Waals surface area contributed by atoms with Crippen molar-refractivity contribution in [3.63, 3.8) is 0 Å². The first-order chi connectivity index (χ1) is 8.76. The molecule has 0 aliphatic carbocycles. The molecule has 96 valence electrons. The number of nitrogens with zero attached hydrogens (tertiary/aromatic N) is 1. The highest BCUT2D eigenvalue weighted by atomic mass is 32.1. The van der Waals surface area contributed by atoms with Crippen molar-refractivity contribution in [2.75, 3.05) is 19.8 Å². The van der Waals surface area contributed by atoms with Gasteiger partial charge in [-0.1, -0.05) is 11.8 Å². The van der Waals surface area contributed by atoms with E-state index in [1.807, 2.05) is 0 Å². The summed E-state index contributed by atoms with van der Waals surface area (Å²) in [5.41, 5.74) is 0. The third-order valence-electron chi connectivity index (χ3n) is 2.96. The molecule has 1 aliphatic heterocycles. The Morgan fingerprint density at radius 3 is 3.06 bits per heavy atom. The lowest BCUT2D eigenvalue weighted by atomic mass is 10.2. The van der Waals surface area contributed by atoms with Crippen molar-refractivity contribution in [2.45, 2.75) is 18.9 Å². The Morgan fingerprint density at radius 1 is 1.50 bits per heavy atom. The second-order valence-electron chi connectivity index (χ2n) is 4.10. The molecule has 0 aromatic carbocycles. The first-order valence-electron chi connectivity index (χ1n) is 5.87. The van der Waals surface area contributed by atoms with Crippen LogP contribution in [0.3, 0.4) is 0 Å². The van der Waals surface area contributed by atoms with Gasteiger partial charge >= 0.3 is 0 Å². The van der Waals surface area contributed by atoms with Gasteiger partial charge in [0.1, 0.15) is 6.61 Å². The van der Waals surface area contributed by atoms with Crippen molar-refractivity contribution in [3.8, 4) is 11.8 Å². The van der Waals surface area contributed by atoms with Gasteiger partial charge in [0.15, 0.2) is 0 Å². The SMILES string of the molecule is O=C(c1ccc(C#CCO)s1)N1CCCC1CO. The molecule has 2 heterocycles. The van der Waals surface area contributed by atoms with E-state index in [2.05, 4.69) is 11.8 Å². The van der Waals surface area contributed by atoms with E-state index in [1.54, 1.807) is 17.0 Å². The highest BCUT2D eigenvalue weighted by molar-refractivity contribution is 7.14. The first kappa shape index (κ1) is 13.1. The van der Waals surface area contributed by atoms with Crippen molar-refractivity contribution >= 4 is 17.2 Å². The minimum absolute atomic E-state index is 0.0221. The van der Waals surface area contributed by atoms with Crippen LogP contribution in [0, 0.1) is 11.8 Å². The smallest absolute Gasteiger partial charge is 0.264 e. The Kier molecular flexibility index (Phi) is 4.37. The van der Waals surface area contributed by atoms with Gasteiger partial charge in [-0.15, -0.1) is 11.3 Å². The summed E-state index contributed by atoms with van der Waals surface area (Å²) < 4.78 is 0. The summed E-state index contributed by atoms with van der Waals surface area (Å²) in [4.78, 5) is 15.4. The van der Waals surface area contributed by atoms with Gasteiger partial charge in [-0.05, 0) is 25.0 Å². The second-order valence-corrected chi connectivity index (χ2v) is 5.18. The molecule has 0 radical (unpaired) electrons. The van der Waals surface area contributed by atoms with Crippen LogP contribution < -0.4 is 0 Å². The van der Waals surface area contributed by atoms with Gasteiger partial charge in [0.25, 0.3) is 5.91 Å². The Balaban J connectivity index is 2.11. The molecule has 4 nitrogen and oxygen atoms in total. The molecule has 0 bridgehead atoms. The molecular weight excluding hydrogens is 250 g/mol. The van der Waals surface area contributed by atoms with Crippen molar-refractivity contribution < 1.29 is 15.0 Å². The molecule has 5 heteroatoms. The average Bonchev–Trinajstić information content (AvgIpc) is 3.04. The zero-order valence-corrected chi connectivity index (χ0v) is 10.7. The molecule has 18 heavy (non-hydrogen) atoms. The lowest BCUT2D eigenvalue weighted by Gasteiger charge is -2.22. The number of amides is 1. The van der Waals surface area contributed by atoms with Crippen LogP contribution in [-0.2, 0) is 0 Å². The predicted octanol–water partition coefficient (Wildman–Crippen LogP) is 0.689. The zero-order chi connectivity index (χ0) is 13.0. The number of thiophene rings is 1. The minimum Gasteiger partial charge on any atom is -0.394 e. The summed E-state index contributed by atoms with van der Waals surface area (Å²) >= 11 is 1.32. The van der Waals surface area contributed by atoms with Crippen LogP contribution in [0.2, 0.25) is 0 Å². The molecule has 1 fully saturated rings. The number of carbonyl (C=O) groups excluding carboxylic acids is 1. The van der Waals surface area contributed by atoms with Gasteiger partial charge in [0, 0.05) is 6.54 Å². The molecule has 1 atom stereocenters. The second kappa shape index (κ2) is 6.01. The monoisotopic (exact) mass is 265 g/mol. The molecule has 1 unspecified atom stereocenters. The van der Waals surface area contributed by atoms with Crippen LogP contribution in [-0.4, -0.2) is 46.8 Å². The molecule has 1 aliphatic rings. The Morgan fingerprint density at radius 2 is 2.33 bits per heavy atom. The van der Waals surface area contributed by atoms with Gasteiger partial charge in [0.2, 0.25) is 0 Å². The topological polar surface area (TPSA) is 60.8 Å². The highest BCUT2D eigenvalue weighted by Crippen LogP contribution is 2.23. The molecular formula is C13H15NO3S. The van der Waals surface area contributed by atoms with Gasteiger partial charge in [-0.3, -0.25) is 4.79 Å². The van der Waals surface area contributed by atoms with Crippen LogP contribution in [0.5, 0.6) is 0 Å². The van der Waals surface area contributed by atoms with Gasteiger partial charge < -0.3 is 15.1 Å². The van der Waals surface area contributed by atoms with Crippen molar-refractivity contribution in [3.05, 3.63) is 21.9 Å². The predicted molar refractivity (Wildman–Crippen MR) is 69.4 cm³/mol. The molecule has 1 aromatic heterocycles. The number of hydrogen-bond donors (Lipinski definition) is 2. The summed E-state index contributed by atoms with van der Waals surface area (Å²) in [5.74, 6) is 5.31. The van der Waals surface area contributed by atoms with E-state index in [4.69, 9.17) is 5.11 Å². The van der Waals surface area contributed by atoms with E-state index in [1.165, 1.54) is 11.3 Å². The van der Waals surface area contributed by atoms with Crippen LogP contribution in [0.15, 0.2) is 12.1 Å². The molecule has 1 saturated heterocycles. The van der Waals surface area contributed by atoms with E-state index >= 15 is 0 Å². The zero-order valence-electron chi connectivity index (χ0n) is 9.93. The van der Waals surface area contributed by atoms with E-state index in [0.717, 1.165) is 17.7 Å². The number of aliphatic hydroxyl groups is 2. The van der Waals surface area contributed by atoms with E-state index in [0.29, 0.717) is 11.4 Å². The maximum absolute atomic E-state index is 12.2. The highest BCUT2D eigenvalue weighted by Gasteiger charge is 2.29. The largest absolute Gasteiger partial charge is 0.394 e. The Bertz CT molecular complexity index is 486. The van der Waals surface area contributed by atoms with Crippen molar-refractivity contribution in [1.29, 1.82) is 0 Å². The number of rotatable bonds is 2. The molecule has 0 spiro atoms. The normalized spacial score (nSPS) is 18.6. The lowest BCUT2D eigenvalue weighted by Crippen LogP contribution is -2.37. The van der Waals surface area contributed by atoms with Crippen molar-refractivity contribution in [1.82, 2.24) is 4.90 Å². The standard InChI is InChI=1S/C13H15NO3S/c15-8-2-4-11-5-6-12(18-11)13(17)14-7-1-3-10(14)9-16/h5-6,10,15-16H,1,3,7-9H2. The van der Waals surface area contributed by atoms with Crippen molar-refractivity contribution in [2.24, 2.45) is 0 Å². The first-order valence-corrected chi connectivity index (χ1v) is 6.69. The molecule has 2 rings (SSSR count). The molecule has 2 N–H and O–H groups in total. The fraction of sp³-hybridized carbons (Fsp3) is 0.462. The quantitative estimate of drug-likeness (QED) is 0.773. The van der Waals surface area contributed by atoms with Crippen LogP contribution in [0.25, 0.3) is 0 Å². The summed E-state index contributed by atoms with van der Waals surface area (Å²) in [6, 6.07) is 3.48. The number of aliphatic hydroxyl groups excluding tert-OH is 2. The Hall–Kier alpha value is -1.35. The fourth-order valence-corrected chi connectivity index (χ4v) is 2.92. The van der Waals surface area contributed by atoms with E-state index in [9.17, 15) is 9.90 Å². The summed E-state index contributed by atoms with van der Waals surface area (Å²) in [6.45, 7) is 0.549. The lowest BCUT2D eigenvalue weighted by molar-refractivity contribution is 0.0682. The van der Waals surface area contributed by atoms with E-state index < -0.39 is 0 Å². The summed E-state index contributed by atoms with van der Waals surface area (Å²) in [6.07, 6.45) is 1.81. The fourth-order valence-electron chi connectivity index (χ4n) is 2.08. The minimum atomic E-state index is -0.181. The maximum Gasteiger partial charge on any atom is 0.264 e. The number of likely N-dealkylation sites (tertiary alicyclic amines) is 1. The van der Waals surface area contributed by atoms with Crippen LogP contribution in [0.4, 0.5) is 0 Å². The third-order valence-corrected chi connectivity index (χ3v) is 3.94. The molecule has 0 saturated carbocycles. The van der Waals surface area contributed by atoms with Gasteiger partial charge in [-0.25, -0.2) is 0 Å². The van der Waals surface area contributed by atoms with Crippen LogP contribution in [0.1, 0.15) is 27.4 Å². The number of hydrogen-bond acceptors (Lipinski definition) is 4. The number of carbonyl (C=O) groups is 1. The van der Waals surface area contributed by atoms with Gasteiger partial charge in [0.05, 0.1) is 22.4 Å². The maximum atomic E-state index is 12.2. The molecule has 1 aromatic rings. The Labute approximate surface area is 110 Å². The summed E-state index contributed by atoms with van der Waals surface area (Å²) in [7, 11) is 0. The summed E-state index contributed by atoms with van der Waals surface area (Å²) in [5, 5.41) is 17.8. The molecule has 1 amide bonds. The average molecular weight is 265 g/mol. The van der Waals surface area contributed by atoms with Crippen LogP contribution >= 0.6 is 11.3 Å². The van der Waals surface area contributed by atoms with E-state index in [-0.39, 0.29) is 25.2 Å².